The van der Waals surface area contributed by atoms with Gasteiger partial charge in [0, 0.05) is 38.3 Å². The van der Waals surface area contributed by atoms with E-state index in [0.717, 1.165) is 36.5 Å². The number of aryl methyl sites for hydroxylation is 1. The van der Waals surface area contributed by atoms with Crippen molar-refractivity contribution in [2.24, 2.45) is 0 Å². The molecule has 2 aromatic rings. The third-order valence-electron chi connectivity index (χ3n) is 4.75. The fourth-order valence-electron chi connectivity index (χ4n) is 3.31. The number of nitrogens with zero attached hydrogens (tertiary/aromatic N) is 2. The summed E-state index contributed by atoms with van der Waals surface area (Å²) in [6, 6.07) is 15.5. The van der Waals surface area contributed by atoms with Crippen molar-refractivity contribution < 1.29 is 13.2 Å². The summed E-state index contributed by atoms with van der Waals surface area (Å²) < 4.78 is 32.4. The van der Waals surface area contributed by atoms with Crippen molar-refractivity contribution in [3.63, 3.8) is 0 Å². The van der Waals surface area contributed by atoms with E-state index in [2.05, 4.69) is 17.9 Å². The monoisotopic (exact) mass is 374 g/mol. The molecule has 2 aromatic carbocycles. The average Bonchev–Trinajstić information content (AvgIpc) is 2.63. The van der Waals surface area contributed by atoms with Crippen molar-refractivity contribution >= 4 is 10.0 Å². The van der Waals surface area contributed by atoms with Crippen LogP contribution < -0.4 is 4.74 Å². The van der Waals surface area contributed by atoms with E-state index in [9.17, 15) is 8.42 Å². The zero-order chi connectivity index (χ0) is 18.6. The second-order valence-electron chi connectivity index (χ2n) is 6.73. The summed E-state index contributed by atoms with van der Waals surface area (Å²) in [7, 11) is -1.59. The molecule has 3 rings (SSSR count). The Morgan fingerprint density at radius 2 is 1.69 bits per heavy atom. The van der Waals surface area contributed by atoms with Crippen molar-refractivity contribution in [3.05, 3.63) is 65.2 Å². The molecule has 0 aromatic heterocycles. The van der Waals surface area contributed by atoms with Gasteiger partial charge < -0.3 is 4.74 Å². The Labute approximate surface area is 156 Å². The third-order valence-corrected chi connectivity index (χ3v) is 6.60. The van der Waals surface area contributed by atoms with Crippen LogP contribution in [0.15, 0.2) is 48.5 Å². The Balaban J connectivity index is 1.60. The summed E-state index contributed by atoms with van der Waals surface area (Å²) in [4.78, 5) is 2.28. The van der Waals surface area contributed by atoms with E-state index in [1.807, 2.05) is 42.5 Å². The molecule has 26 heavy (non-hydrogen) atoms. The quantitative estimate of drug-likeness (QED) is 0.780. The van der Waals surface area contributed by atoms with Crippen molar-refractivity contribution in [2.75, 3.05) is 33.3 Å². The molecule has 0 amide bonds. The molecule has 5 nitrogen and oxygen atoms in total. The molecule has 0 saturated carbocycles. The van der Waals surface area contributed by atoms with Gasteiger partial charge in [0.05, 0.1) is 12.9 Å². The number of hydrogen-bond acceptors (Lipinski definition) is 4. The maximum absolute atomic E-state index is 12.7. The molecule has 1 heterocycles. The van der Waals surface area contributed by atoms with E-state index in [1.54, 1.807) is 11.4 Å². The van der Waals surface area contributed by atoms with E-state index in [0.29, 0.717) is 13.1 Å². The molecule has 1 saturated heterocycles. The zero-order valence-corrected chi connectivity index (χ0v) is 16.2. The first-order chi connectivity index (χ1) is 12.5. The maximum atomic E-state index is 12.7. The van der Waals surface area contributed by atoms with Crippen LogP contribution >= 0.6 is 0 Å². The molecule has 6 heteroatoms. The minimum absolute atomic E-state index is 0.0690. The number of benzene rings is 2. The Morgan fingerprint density at radius 1 is 1.00 bits per heavy atom. The highest BCUT2D eigenvalue weighted by Gasteiger charge is 2.27. The van der Waals surface area contributed by atoms with Crippen LogP contribution in [-0.4, -0.2) is 50.9 Å². The largest absolute Gasteiger partial charge is 0.496 e. The predicted molar refractivity (Wildman–Crippen MR) is 104 cm³/mol. The topological polar surface area (TPSA) is 49.9 Å². The van der Waals surface area contributed by atoms with Crippen LogP contribution in [0, 0.1) is 6.92 Å². The molecular weight excluding hydrogens is 348 g/mol. The third kappa shape index (κ3) is 4.63. The minimum Gasteiger partial charge on any atom is -0.496 e. The predicted octanol–water partition coefficient (Wildman–Crippen LogP) is 2.65. The Bertz CT molecular complexity index is 829. The van der Waals surface area contributed by atoms with Crippen LogP contribution in [0.1, 0.15) is 16.7 Å². The molecule has 1 fully saturated rings. The normalized spacial score (nSPS) is 16.5. The van der Waals surface area contributed by atoms with Crippen LogP contribution in [0.4, 0.5) is 0 Å². The first-order valence-electron chi connectivity index (χ1n) is 8.85. The number of hydrogen-bond donors (Lipinski definition) is 0. The van der Waals surface area contributed by atoms with Gasteiger partial charge in [-0.2, -0.15) is 4.31 Å². The molecule has 0 atom stereocenters. The molecule has 0 unspecified atom stereocenters. The Kier molecular flexibility index (Phi) is 5.96. The molecular formula is C20H26N2O3S. The zero-order valence-electron chi connectivity index (χ0n) is 15.4. The van der Waals surface area contributed by atoms with Crippen LogP contribution in [0.2, 0.25) is 0 Å². The Hall–Kier alpha value is -1.89. The first-order valence-corrected chi connectivity index (χ1v) is 10.5. The lowest BCUT2D eigenvalue weighted by atomic mass is 10.1. The second-order valence-corrected chi connectivity index (χ2v) is 8.70. The highest BCUT2D eigenvalue weighted by molar-refractivity contribution is 7.88. The van der Waals surface area contributed by atoms with Crippen LogP contribution in [0.5, 0.6) is 5.75 Å². The SMILES string of the molecule is COc1ccc(C)cc1CN1CCN(S(=O)(=O)Cc2ccccc2)CC1. The summed E-state index contributed by atoms with van der Waals surface area (Å²) in [5.41, 5.74) is 3.18. The molecule has 1 aliphatic rings. The van der Waals surface area contributed by atoms with E-state index < -0.39 is 10.0 Å². The standard InChI is InChI=1S/C20H26N2O3S/c1-17-8-9-20(25-2)19(14-17)15-21-10-12-22(13-11-21)26(23,24)16-18-6-4-3-5-7-18/h3-9,14H,10-13,15-16H2,1-2H3. The van der Waals surface area contributed by atoms with Crippen LogP contribution in [0.25, 0.3) is 0 Å². The van der Waals surface area contributed by atoms with Gasteiger partial charge in [-0.15, -0.1) is 0 Å². The summed E-state index contributed by atoms with van der Waals surface area (Å²) in [6.07, 6.45) is 0. The molecule has 0 N–H and O–H groups in total. The number of methoxy groups -OCH3 is 1. The fourth-order valence-corrected chi connectivity index (χ4v) is 4.83. The van der Waals surface area contributed by atoms with E-state index in [1.165, 1.54) is 5.56 Å². The van der Waals surface area contributed by atoms with E-state index in [-0.39, 0.29) is 5.75 Å². The van der Waals surface area contributed by atoms with Gasteiger partial charge in [0.15, 0.2) is 0 Å². The fraction of sp³-hybridized carbons (Fsp3) is 0.400. The van der Waals surface area contributed by atoms with Crippen molar-refractivity contribution in [3.8, 4) is 5.75 Å². The number of rotatable bonds is 6. The van der Waals surface area contributed by atoms with Crippen molar-refractivity contribution in [1.82, 2.24) is 9.21 Å². The molecule has 1 aliphatic heterocycles. The van der Waals surface area contributed by atoms with Gasteiger partial charge in [-0.1, -0.05) is 48.0 Å². The highest BCUT2D eigenvalue weighted by Crippen LogP contribution is 2.22. The molecule has 0 aliphatic carbocycles. The van der Waals surface area contributed by atoms with Crippen molar-refractivity contribution in [1.29, 1.82) is 0 Å². The van der Waals surface area contributed by atoms with Crippen LogP contribution in [-0.2, 0) is 22.3 Å². The highest BCUT2D eigenvalue weighted by atomic mass is 32.2. The maximum Gasteiger partial charge on any atom is 0.218 e. The lowest BCUT2D eigenvalue weighted by Crippen LogP contribution is -2.48. The number of ether oxygens (including phenoxy) is 1. The van der Waals surface area contributed by atoms with Crippen molar-refractivity contribution in [2.45, 2.75) is 19.2 Å². The lowest BCUT2D eigenvalue weighted by molar-refractivity contribution is 0.180. The van der Waals surface area contributed by atoms with Gasteiger partial charge in [0.1, 0.15) is 5.75 Å². The smallest absolute Gasteiger partial charge is 0.218 e. The summed E-state index contributed by atoms with van der Waals surface area (Å²) in [5, 5.41) is 0. The van der Waals surface area contributed by atoms with Gasteiger partial charge in [-0.25, -0.2) is 8.42 Å². The van der Waals surface area contributed by atoms with Gasteiger partial charge >= 0.3 is 0 Å². The van der Waals surface area contributed by atoms with Gasteiger partial charge in [-0.3, -0.25) is 4.90 Å². The molecule has 140 valence electrons. The van der Waals surface area contributed by atoms with E-state index in [4.69, 9.17) is 4.74 Å². The molecule has 0 bridgehead atoms. The lowest BCUT2D eigenvalue weighted by Gasteiger charge is -2.34. The minimum atomic E-state index is -3.27. The number of sulfonamides is 1. The second kappa shape index (κ2) is 8.20. The molecule has 0 spiro atoms. The average molecular weight is 375 g/mol. The summed E-state index contributed by atoms with van der Waals surface area (Å²) >= 11 is 0. The van der Waals surface area contributed by atoms with Crippen LogP contribution in [0.3, 0.4) is 0 Å². The first kappa shape index (κ1) is 18.9. The van der Waals surface area contributed by atoms with Gasteiger partial charge in [0.25, 0.3) is 0 Å². The summed E-state index contributed by atoms with van der Waals surface area (Å²) in [6.45, 7) is 5.36. The summed E-state index contributed by atoms with van der Waals surface area (Å²) in [5.74, 6) is 0.953. The van der Waals surface area contributed by atoms with E-state index >= 15 is 0 Å². The number of piperazine rings is 1. The van der Waals surface area contributed by atoms with Gasteiger partial charge in [-0.05, 0) is 18.6 Å². The van der Waals surface area contributed by atoms with Gasteiger partial charge in [0.2, 0.25) is 10.0 Å². The Morgan fingerprint density at radius 3 is 2.35 bits per heavy atom. The molecule has 0 radical (unpaired) electrons.